The second-order valence-electron chi connectivity index (χ2n) is 4.62. The Balaban J connectivity index is 1.92. The quantitative estimate of drug-likeness (QED) is 0.826. The van der Waals surface area contributed by atoms with Crippen LogP contribution < -0.4 is 14.2 Å². The number of rotatable bonds is 4. The SMILES string of the molecule is COc1cc(/C=C2/SC(=O)N(CC(=O)O)C2=O)cc2c1OCO2. The number of imide groups is 1. The molecule has 9 heteroatoms. The Bertz CT molecular complexity index is 743. The zero-order chi connectivity index (χ0) is 16.6. The lowest BCUT2D eigenvalue weighted by Crippen LogP contribution is -2.33. The summed E-state index contributed by atoms with van der Waals surface area (Å²) in [6, 6.07) is 3.29. The second kappa shape index (κ2) is 5.84. The molecule has 1 aromatic rings. The number of carbonyl (C=O) groups is 3. The first-order chi connectivity index (χ1) is 11.0. The van der Waals surface area contributed by atoms with Gasteiger partial charge >= 0.3 is 5.97 Å². The number of hydrogen-bond donors (Lipinski definition) is 1. The van der Waals surface area contributed by atoms with Gasteiger partial charge in [-0.15, -0.1) is 0 Å². The summed E-state index contributed by atoms with van der Waals surface area (Å²) < 4.78 is 15.8. The lowest BCUT2D eigenvalue weighted by molar-refractivity contribution is -0.140. The van der Waals surface area contributed by atoms with Crippen molar-refractivity contribution in [2.75, 3.05) is 20.4 Å². The second-order valence-corrected chi connectivity index (χ2v) is 5.61. The van der Waals surface area contributed by atoms with Crippen LogP contribution in [-0.2, 0) is 9.59 Å². The van der Waals surface area contributed by atoms with Crippen molar-refractivity contribution in [3.8, 4) is 17.2 Å². The third-order valence-electron chi connectivity index (χ3n) is 3.15. The van der Waals surface area contributed by atoms with E-state index in [-0.39, 0.29) is 11.7 Å². The fraction of sp³-hybridized carbons (Fsp3) is 0.214. The molecule has 0 aromatic heterocycles. The van der Waals surface area contributed by atoms with Gasteiger partial charge in [0, 0.05) is 0 Å². The number of methoxy groups -OCH3 is 1. The van der Waals surface area contributed by atoms with E-state index in [1.54, 1.807) is 12.1 Å². The highest BCUT2D eigenvalue weighted by Crippen LogP contribution is 2.43. The van der Waals surface area contributed by atoms with Crippen molar-refractivity contribution < 1.29 is 33.7 Å². The number of carboxylic acids is 1. The van der Waals surface area contributed by atoms with Crippen LogP contribution in [0.15, 0.2) is 17.0 Å². The van der Waals surface area contributed by atoms with Crippen molar-refractivity contribution in [3.05, 3.63) is 22.6 Å². The fourth-order valence-corrected chi connectivity index (χ4v) is 2.99. The molecule has 0 aliphatic carbocycles. The van der Waals surface area contributed by atoms with E-state index in [0.29, 0.717) is 39.5 Å². The standard InChI is InChI=1S/C14H11NO7S/c1-20-8-2-7(3-9-12(8)22-6-21-9)4-10-13(18)15(5-11(16)17)14(19)23-10/h2-4H,5-6H2,1H3,(H,16,17)/b10-4+. The summed E-state index contributed by atoms with van der Waals surface area (Å²) in [5, 5.41) is 8.12. The third-order valence-corrected chi connectivity index (χ3v) is 4.05. The van der Waals surface area contributed by atoms with E-state index in [1.165, 1.54) is 13.2 Å². The summed E-state index contributed by atoms with van der Waals surface area (Å²) >= 11 is 0.688. The molecular weight excluding hydrogens is 326 g/mol. The van der Waals surface area contributed by atoms with Gasteiger partial charge in [0.1, 0.15) is 6.54 Å². The molecule has 2 heterocycles. The number of nitrogens with zero attached hydrogens (tertiary/aromatic N) is 1. The van der Waals surface area contributed by atoms with Gasteiger partial charge in [-0.3, -0.25) is 19.3 Å². The highest BCUT2D eigenvalue weighted by atomic mass is 32.2. The van der Waals surface area contributed by atoms with E-state index in [1.807, 2.05) is 0 Å². The van der Waals surface area contributed by atoms with Gasteiger partial charge in [-0.25, -0.2) is 0 Å². The topological polar surface area (TPSA) is 102 Å². The molecule has 120 valence electrons. The maximum Gasteiger partial charge on any atom is 0.323 e. The summed E-state index contributed by atoms with van der Waals surface area (Å²) in [7, 11) is 1.47. The summed E-state index contributed by atoms with van der Waals surface area (Å²) in [4.78, 5) is 35.4. The number of fused-ring (bicyclic) bond motifs is 1. The van der Waals surface area contributed by atoms with Crippen molar-refractivity contribution in [1.82, 2.24) is 4.90 Å². The number of carbonyl (C=O) groups excluding carboxylic acids is 2. The van der Waals surface area contributed by atoms with E-state index >= 15 is 0 Å². The molecule has 2 amide bonds. The summed E-state index contributed by atoms with van der Waals surface area (Å²) in [5.41, 5.74) is 0.576. The van der Waals surface area contributed by atoms with Gasteiger partial charge in [-0.05, 0) is 35.5 Å². The monoisotopic (exact) mass is 337 g/mol. The van der Waals surface area contributed by atoms with Crippen LogP contribution in [-0.4, -0.2) is 47.6 Å². The third kappa shape index (κ3) is 2.82. The lowest BCUT2D eigenvalue weighted by Gasteiger charge is -2.08. The first kappa shape index (κ1) is 15.2. The predicted molar refractivity (Wildman–Crippen MR) is 79.4 cm³/mol. The van der Waals surface area contributed by atoms with Crippen LogP contribution in [0.5, 0.6) is 17.2 Å². The van der Waals surface area contributed by atoms with Gasteiger partial charge in [-0.1, -0.05) is 0 Å². The average molecular weight is 337 g/mol. The Kier molecular flexibility index (Phi) is 3.87. The summed E-state index contributed by atoms with van der Waals surface area (Å²) in [6.45, 7) is -0.587. The van der Waals surface area contributed by atoms with Gasteiger partial charge in [0.25, 0.3) is 11.1 Å². The van der Waals surface area contributed by atoms with Crippen LogP contribution in [0.2, 0.25) is 0 Å². The first-order valence-electron chi connectivity index (χ1n) is 6.44. The van der Waals surface area contributed by atoms with Crippen molar-refractivity contribution in [3.63, 3.8) is 0 Å². The minimum absolute atomic E-state index is 0.0737. The molecule has 0 bridgehead atoms. The van der Waals surface area contributed by atoms with Crippen LogP contribution in [0.3, 0.4) is 0 Å². The molecule has 0 radical (unpaired) electrons. The van der Waals surface area contributed by atoms with E-state index in [0.717, 1.165) is 0 Å². The molecule has 1 N–H and O–H groups in total. The molecule has 1 aromatic carbocycles. The molecule has 3 rings (SSSR count). The Labute approximate surface area is 134 Å². The van der Waals surface area contributed by atoms with Crippen molar-refractivity contribution in [2.45, 2.75) is 0 Å². The minimum Gasteiger partial charge on any atom is -0.493 e. The van der Waals surface area contributed by atoms with Gasteiger partial charge < -0.3 is 19.3 Å². The minimum atomic E-state index is -1.25. The Morgan fingerprint density at radius 2 is 2.22 bits per heavy atom. The Hall–Kier alpha value is -2.68. The molecule has 0 spiro atoms. The smallest absolute Gasteiger partial charge is 0.323 e. The molecule has 1 fully saturated rings. The molecule has 2 aliphatic rings. The molecule has 23 heavy (non-hydrogen) atoms. The highest BCUT2D eigenvalue weighted by Gasteiger charge is 2.36. The van der Waals surface area contributed by atoms with Gasteiger partial charge in [0.05, 0.1) is 12.0 Å². The van der Waals surface area contributed by atoms with E-state index in [9.17, 15) is 14.4 Å². The van der Waals surface area contributed by atoms with Crippen LogP contribution in [0.1, 0.15) is 5.56 Å². The lowest BCUT2D eigenvalue weighted by atomic mass is 10.1. The number of benzene rings is 1. The van der Waals surface area contributed by atoms with Crippen molar-refractivity contribution >= 4 is 35.0 Å². The van der Waals surface area contributed by atoms with Crippen molar-refractivity contribution in [2.24, 2.45) is 0 Å². The predicted octanol–water partition coefficient (Wildman–Crippen LogP) is 1.54. The molecule has 8 nitrogen and oxygen atoms in total. The Morgan fingerprint density at radius 3 is 2.91 bits per heavy atom. The van der Waals surface area contributed by atoms with Crippen LogP contribution in [0.4, 0.5) is 4.79 Å². The largest absolute Gasteiger partial charge is 0.493 e. The zero-order valence-electron chi connectivity index (χ0n) is 11.9. The number of thioether (sulfide) groups is 1. The molecular formula is C14H11NO7S. The van der Waals surface area contributed by atoms with Crippen LogP contribution in [0.25, 0.3) is 6.08 Å². The Morgan fingerprint density at radius 1 is 1.43 bits per heavy atom. The summed E-state index contributed by atoms with van der Waals surface area (Å²) in [6.07, 6.45) is 1.48. The number of carboxylic acid groups (broad SMARTS) is 1. The summed E-state index contributed by atoms with van der Waals surface area (Å²) in [5.74, 6) is -0.502. The van der Waals surface area contributed by atoms with Gasteiger partial charge in [0.2, 0.25) is 12.5 Å². The molecule has 0 unspecified atom stereocenters. The molecule has 0 saturated carbocycles. The number of amides is 2. The fourth-order valence-electron chi connectivity index (χ4n) is 2.16. The first-order valence-corrected chi connectivity index (χ1v) is 7.26. The van der Waals surface area contributed by atoms with Crippen LogP contribution in [0, 0.1) is 0 Å². The van der Waals surface area contributed by atoms with Gasteiger partial charge in [-0.2, -0.15) is 0 Å². The zero-order valence-corrected chi connectivity index (χ0v) is 12.7. The average Bonchev–Trinajstić information content (AvgIpc) is 3.07. The molecule has 1 saturated heterocycles. The number of hydrogen-bond acceptors (Lipinski definition) is 7. The van der Waals surface area contributed by atoms with Gasteiger partial charge in [0.15, 0.2) is 11.5 Å². The van der Waals surface area contributed by atoms with Crippen LogP contribution >= 0.6 is 11.8 Å². The van der Waals surface area contributed by atoms with E-state index in [2.05, 4.69) is 0 Å². The maximum absolute atomic E-state index is 12.1. The normalized spacial score (nSPS) is 18.0. The van der Waals surface area contributed by atoms with Crippen molar-refractivity contribution in [1.29, 1.82) is 0 Å². The maximum atomic E-state index is 12.1. The molecule has 2 aliphatic heterocycles. The highest BCUT2D eigenvalue weighted by molar-refractivity contribution is 8.18. The molecule has 0 atom stereocenters. The number of ether oxygens (including phenoxy) is 3. The number of aliphatic carboxylic acids is 1. The van der Waals surface area contributed by atoms with E-state index < -0.39 is 23.7 Å². The van der Waals surface area contributed by atoms with E-state index in [4.69, 9.17) is 19.3 Å².